The lowest BCUT2D eigenvalue weighted by Crippen LogP contribution is -2.24. The molecule has 0 saturated heterocycles. The molecule has 10 heteroatoms. The SMILES string of the molecule is CC/C(=C(\c1ccccc1)c1ccc(OCCN(C)Cc2cccc3c4nc5nc(nc6[nH]c(nc7nc(nc([nH]4)c23)-c2ccccc2-7)c2ccccc62)-c2ccccc2-5)cc1)c1ccccc1. The number of likely N-dealkylation sites (N-methyl/N-ethyl adjacent to an activating group) is 1. The number of nitrogens with one attached hydrogen (secondary N) is 2. The second-order valence-electron chi connectivity index (χ2n) is 17.1. The predicted molar refractivity (Wildman–Crippen MR) is 273 cm³/mol. The quantitative estimate of drug-likeness (QED) is 0.130. The number of benzene rings is 7. The minimum Gasteiger partial charge on any atom is -0.492 e. The van der Waals surface area contributed by atoms with Crippen LogP contribution in [0.2, 0.25) is 0 Å². The molecule has 0 spiro atoms. The van der Waals surface area contributed by atoms with Gasteiger partial charge in [-0.1, -0.05) is 171 Å². The third-order valence-corrected chi connectivity index (χ3v) is 12.8. The number of H-pyrrole nitrogens is 2. The van der Waals surface area contributed by atoms with Crippen molar-refractivity contribution in [3.8, 4) is 51.3 Å². The fourth-order valence-corrected chi connectivity index (χ4v) is 9.59. The zero-order valence-corrected chi connectivity index (χ0v) is 37.6. The summed E-state index contributed by atoms with van der Waals surface area (Å²) in [5, 5.41) is 3.78. The molecule has 5 heterocycles. The summed E-state index contributed by atoms with van der Waals surface area (Å²) in [4.78, 5) is 40.4. The van der Waals surface area contributed by atoms with Gasteiger partial charge in [0.1, 0.15) is 34.9 Å². The molecule has 2 aliphatic rings. The smallest absolute Gasteiger partial charge is 0.164 e. The Kier molecular flexibility index (Phi) is 10.4. The maximum atomic E-state index is 6.40. The fourth-order valence-electron chi connectivity index (χ4n) is 9.59. The summed E-state index contributed by atoms with van der Waals surface area (Å²) in [5.41, 5.74) is 13.5. The van der Waals surface area contributed by atoms with E-state index in [-0.39, 0.29) is 0 Å². The Morgan fingerprint density at radius 1 is 0.456 bits per heavy atom. The molecule has 0 atom stereocenters. The lowest BCUT2D eigenvalue weighted by atomic mass is 9.88. The van der Waals surface area contributed by atoms with Crippen molar-refractivity contribution >= 4 is 55.3 Å². The van der Waals surface area contributed by atoms with Gasteiger partial charge in [0.15, 0.2) is 23.3 Å². The molecular weight excluding hydrogens is 839 g/mol. The van der Waals surface area contributed by atoms with Gasteiger partial charge in [0.25, 0.3) is 0 Å². The van der Waals surface area contributed by atoms with E-state index >= 15 is 0 Å². The highest BCUT2D eigenvalue weighted by molar-refractivity contribution is 6.07. The van der Waals surface area contributed by atoms with Gasteiger partial charge in [-0.3, -0.25) is 4.90 Å². The Bertz CT molecular complexity index is 3740. The number of aromatic nitrogens is 8. The number of nitrogens with zero attached hydrogens (tertiary/aromatic N) is 7. The summed E-state index contributed by atoms with van der Waals surface area (Å²) in [5.74, 6) is 3.13. The van der Waals surface area contributed by atoms with E-state index in [0.29, 0.717) is 65.6 Å². The van der Waals surface area contributed by atoms with Crippen LogP contribution in [0.1, 0.15) is 35.6 Å². The number of fused-ring (bicyclic) bond motifs is 20. The summed E-state index contributed by atoms with van der Waals surface area (Å²) in [6.07, 6.45) is 0.909. The Morgan fingerprint density at radius 2 is 0.912 bits per heavy atom. The monoisotopic (exact) mass is 883 g/mol. The van der Waals surface area contributed by atoms with E-state index in [1.54, 1.807) is 0 Å². The van der Waals surface area contributed by atoms with Crippen LogP contribution in [0.4, 0.5) is 0 Å². The molecule has 0 unspecified atom stereocenters. The van der Waals surface area contributed by atoms with Crippen molar-refractivity contribution in [1.29, 1.82) is 0 Å². The first-order valence-electron chi connectivity index (χ1n) is 23.0. The average molecular weight is 884 g/mol. The molecule has 10 aromatic rings. The van der Waals surface area contributed by atoms with E-state index in [2.05, 4.69) is 138 Å². The molecule has 0 radical (unpaired) electrons. The minimum atomic E-state index is 0.513. The zero-order valence-electron chi connectivity index (χ0n) is 37.6. The molecule has 2 N–H and O–H groups in total. The average Bonchev–Trinajstić information content (AvgIpc) is 4.13. The Hall–Kier alpha value is -8.60. The molecule has 0 aliphatic carbocycles. The molecule has 0 fully saturated rings. The molecule has 328 valence electrons. The van der Waals surface area contributed by atoms with Crippen LogP contribution >= 0.6 is 0 Å². The maximum Gasteiger partial charge on any atom is 0.164 e. The van der Waals surface area contributed by atoms with Gasteiger partial charge in [0, 0.05) is 56.9 Å². The Labute approximate surface area is 392 Å². The third-order valence-electron chi connectivity index (χ3n) is 12.8. The van der Waals surface area contributed by atoms with E-state index in [1.165, 1.54) is 22.3 Å². The molecule has 0 amide bonds. The van der Waals surface area contributed by atoms with Crippen molar-refractivity contribution in [2.24, 2.45) is 0 Å². The van der Waals surface area contributed by atoms with Crippen LogP contribution in [0.3, 0.4) is 0 Å². The highest BCUT2D eigenvalue weighted by atomic mass is 16.5. The van der Waals surface area contributed by atoms with Crippen LogP contribution in [-0.4, -0.2) is 65.0 Å². The van der Waals surface area contributed by atoms with Gasteiger partial charge < -0.3 is 14.7 Å². The van der Waals surface area contributed by atoms with Crippen molar-refractivity contribution < 1.29 is 4.74 Å². The zero-order chi connectivity index (χ0) is 45.6. The highest BCUT2D eigenvalue weighted by Crippen LogP contribution is 2.38. The molecule has 3 aromatic heterocycles. The van der Waals surface area contributed by atoms with Crippen molar-refractivity contribution in [3.05, 3.63) is 198 Å². The lowest BCUT2D eigenvalue weighted by Gasteiger charge is -2.18. The number of allylic oxidation sites excluding steroid dienone is 1. The van der Waals surface area contributed by atoms with Crippen molar-refractivity contribution in [2.45, 2.75) is 19.9 Å². The van der Waals surface area contributed by atoms with Crippen LogP contribution in [0.25, 0.3) is 101 Å². The first kappa shape index (κ1) is 40.9. The lowest BCUT2D eigenvalue weighted by molar-refractivity contribution is 0.233. The van der Waals surface area contributed by atoms with Crippen molar-refractivity contribution in [1.82, 2.24) is 44.8 Å². The number of ether oxygens (including phenoxy) is 1. The van der Waals surface area contributed by atoms with E-state index in [0.717, 1.165) is 67.1 Å². The first-order valence-corrected chi connectivity index (χ1v) is 23.0. The summed E-state index contributed by atoms with van der Waals surface area (Å²) in [7, 11) is 2.12. The van der Waals surface area contributed by atoms with Gasteiger partial charge in [0.2, 0.25) is 0 Å². The van der Waals surface area contributed by atoms with Crippen LogP contribution in [0.5, 0.6) is 5.75 Å². The maximum absolute atomic E-state index is 6.40. The summed E-state index contributed by atoms with van der Waals surface area (Å²) in [6.45, 7) is 4.07. The number of aromatic amines is 2. The number of hydrogen-bond acceptors (Lipinski definition) is 8. The molecule has 10 nitrogen and oxygen atoms in total. The molecule has 2 aliphatic heterocycles. The fraction of sp³-hybridized carbons (Fsp3) is 0.103. The first-order chi connectivity index (χ1) is 33.6. The Morgan fingerprint density at radius 3 is 1.47 bits per heavy atom. The summed E-state index contributed by atoms with van der Waals surface area (Å²) < 4.78 is 6.40. The predicted octanol–water partition coefficient (Wildman–Crippen LogP) is 12.7. The summed E-state index contributed by atoms with van der Waals surface area (Å²) >= 11 is 0. The van der Waals surface area contributed by atoms with Crippen LogP contribution < -0.4 is 4.74 Å². The van der Waals surface area contributed by atoms with Gasteiger partial charge in [-0.25, -0.2) is 29.9 Å². The van der Waals surface area contributed by atoms with E-state index in [1.807, 2.05) is 66.7 Å². The normalized spacial score (nSPS) is 12.3. The number of rotatable bonds is 10. The van der Waals surface area contributed by atoms with Gasteiger partial charge in [-0.15, -0.1) is 0 Å². The van der Waals surface area contributed by atoms with Gasteiger partial charge in [-0.05, 0) is 59.0 Å². The standard InChI is InChI=1S/C58H45N9O/c1-3-41(36-17-6-4-7-18-36)49(37-19-8-5-9-20-37)38-29-31-40(32-30-38)68-34-33-67(2)35-39-21-16-28-48-50(39)58-65-56-47-27-15-14-26-46(47)54(63-56)61-52-43-23-11-10-22-42(43)51(59-52)60-53-44-24-12-13-25-45(44)55(62-53)64-57(48)66-58/h4-32H,3,33-35H2,1-2H3,(H2,59,60,61,62,63,64,65,66)/b49-41-. The minimum absolute atomic E-state index is 0.513. The third kappa shape index (κ3) is 7.46. The molecule has 12 rings (SSSR count). The van der Waals surface area contributed by atoms with Crippen LogP contribution in [0.15, 0.2) is 176 Å². The van der Waals surface area contributed by atoms with Gasteiger partial charge in [0.05, 0.1) is 0 Å². The molecule has 7 aromatic carbocycles. The molecular formula is C58H45N9O. The van der Waals surface area contributed by atoms with E-state index < -0.39 is 0 Å². The summed E-state index contributed by atoms with van der Waals surface area (Å²) in [6, 6.07) is 60.5. The van der Waals surface area contributed by atoms with Gasteiger partial charge >= 0.3 is 0 Å². The van der Waals surface area contributed by atoms with E-state index in [9.17, 15) is 0 Å². The largest absolute Gasteiger partial charge is 0.492 e. The topological polar surface area (TPSA) is 121 Å². The Balaban J connectivity index is 0.903. The van der Waals surface area contributed by atoms with Crippen molar-refractivity contribution in [2.75, 3.05) is 20.2 Å². The van der Waals surface area contributed by atoms with Crippen molar-refractivity contribution in [3.63, 3.8) is 0 Å². The van der Waals surface area contributed by atoms with E-state index in [4.69, 9.17) is 34.6 Å². The van der Waals surface area contributed by atoms with Crippen LogP contribution in [-0.2, 0) is 6.54 Å². The highest BCUT2D eigenvalue weighted by Gasteiger charge is 2.23. The second-order valence-corrected chi connectivity index (χ2v) is 17.1. The van der Waals surface area contributed by atoms with Crippen LogP contribution in [0, 0.1) is 0 Å². The van der Waals surface area contributed by atoms with Gasteiger partial charge in [-0.2, -0.15) is 0 Å². The second kappa shape index (κ2) is 17.3. The number of hydrogen-bond donors (Lipinski definition) is 2. The molecule has 68 heavy (non-hydrogen) atoms. The molecule has 0 saturated carbocycles. The molecule has 8 bridgehead atoms.